The van der Waals surface area contributed by atoms with E-state index in [2.05, 4.69) is 20.9 Å². The highest BCUT2D eigenvalue weighted by molar-refractivity contribution is 7.13. The number of thiazole rings is 1. The van der Waals surface area contributed by atoms with Gasteiger partial charge in [0.25, 0.3) is 11.8 Å². The zero-order valence-corrected chi connectivity index (χ0v) is 17.4. The van der Waals surface area contributed by atoms with Crippen LogP contribution in [-0.2, 0) is 4.79 Å². The Hall–Kier alpha value is -3.23. The zero-order chi connectivity index (χ0) is 21.3. The molecule has 0 spiro atoms. The van der Waals surface area contributed by atoms with Crippen molar-refractivity contribution in [3.05, 3.63) is 76.3 Å². The van der Waals surface area contributed by atoms with Gasteiger partial charge in [0, 0.05) is 46.4 Å². The number of nitrogens with zero attached hydrogens (tertiary/aromatic N) is 1. The van der Waals surface area contributed by atoms with E-state index in [-0.39, 0.29) is 24.1 Å². The van der Waals surface area contributed by atoms with E-state index in [1.165, 1.54) is 11.3 Å². The number of benzene rings is 2. The van der Waals surface area contributed by atoms with Gasteiger partial charge in [-0.3, -0.25) is 19.7 Å². The second kappa shape index (κ2) is 10.5. The molecule has 3 N–H and O–H groups in total. The SMILES string of the molecule is O=C(CCCNC(=O)c1ccc(Cl)cc1)Nc1ccc(C(=O)Nc2nccs2)cc1. The molecule has 1 aromatic heterocycles. The lowest BCUT2D eigenvalue weighted by molar-refractivity contribution is -0.116. The molecule has 30 heavy (non-hydrogen) atoms. The van der Waals surface area contributed by atoms with E-state index >= 15 is 0 Å². The number of carbonyl (C=O) groups is 3. The minimum absolute atomic E-state index is 0.171. The Balaban J connectivity index is 1.38. The topological polar surface area (TPSA) is 100 Å². The summed E-state index contributed by atoms with van der Waals surface area (Å²) in [6.45, 7) is 0.380. The Kier molecular flexibility index (Phi) is 7.53. The molecule has 0 radical (unpaired) electrons. The standard InChI is InChI=1S/C21H19ClN4O3S/c22-16-7-3-14(4-8-16)19(28)23-11-1-2-18(27)25-17-9-5-15(6-10-17)20(29)26-21-24-12-13-30-21/h3-10,12-13H,1-2,11H2,(H,23,28)(H,25,27)(H,24,26,29). The Morgan fingerprint density at radius 2 is 1.57 bits per heavy atom. The van der Waals surface area contributed by atoms with E-state index in [0.29, 0.717) is 39.9 Å². The molecule has 154 valence electrons. The lowest BCUT2D eigenvalue weighted by Gasteiger charge is -2.08. The molecule has 0 aliphatic heterocycles. The summed E-state index contributed by atoms with van der Waals surface area (Å²) in [5.41, 5.74) is 1.58. The van der Waals surface area contributed by atoms with Gasteiger partial charge in [0.05, 0.1) is 0 Å². The highest BCUT2D eigenvalue weighted by Crippen LogP contribution is 2.15. The Labute approximate surface area is 182 Å². The van der Waals surface area contributed by atoms with E-state index in [1.807, 2.05) is 0 Å². The number of aromatic nitrogens is 1. The number of halogens is 1. The van der Waals surface area contributed by atoms with Crippen LogP contribution in [0.1, 0.15) is 33.6 Å². The Morgan fingerprint density at radius 3 is 2.23 bits per heavy atom. The van der Waals surface area contributed by atoms with Crippen LogP contribution in [0.5, 0.6) is 0 Å². The fourth-order valence-electron chi connectivity index (χ4n) is 2.54. The Morgan fingerprint density at radius 1 is 0.900 bits per heavy atom. The first-order valence-electron chi connectivity index (χ1n) is 9.16. The van der Waals surface area contributed by atoms with Crippen molar-refractivity contribution in [1.29, 1.82) is 0 Å². The van der Waals surface area contributed by atoms with Crippen LogP contribution in [0.4, 0.5) is 10.8 Å². The molecule has 3 amide bonds. The molecular weight excluding hydrogens is 424 g/mol. The van der Waals surface area contributed by atoms with Gasteiger partial charge in [-0.05, 0) is 55.0 Å². The largest absolute Gasteiger partial charge is 0.352 e. The summed E-state index contributed by atoms with van der Waals surface area (Å²) in [5, 5.41) is 11.1. The van der Waals surface area contributed by atoms with Crippen molar-refractivity contribution >= 4 is 51.5 Å². The monoisotopic (exact) mass is 442 g/mol. The maximum atomic E-state index is 12.1. The smallest absolute Gasteiger partial charge is 0.257 e. The predicted octanol–water partition coefficient (Wildman–Crippen LogP) is 4.20. The molecule has 3 aromatic rings. The molecule has 1 heterocycles. The summed E-state index contributed by atoms with van der Waals surface area (Å²) in [7, 11) is 0. The van der Waals surface area contributed by atoms with E-state index < -0.39 is 0 Å². The molecule has 3 rings (SSSR count). The van der Waals surface area contributed by atoms with Gasteiger partial charge in [0.1, 0.15) is 0 Å². The third-order valence-corrected chi connectivity index (χ3v) is 5.00. The number of anilines is 2. The van der Waals surface area contributed by atoms with Crippen LogP contribution in [-0.4, -0.2) is 29.3 Å². The van der Waals surface area contributed by atoms with Crippen LogP contribution >= 0.6 is 22.9 Å². The first-order chi connectivity index (χ1) is 14.5. The average molecular weight is 443 g/mol. The van der Waals surface area contributed by atoms with Crippen LogP contribution < -0.4 is 16.0 Å². The zero-order valence-electron chi connectivity index (χ0n) is 15.9. The van der Waals surface area contributed by atoms with E-state index in [1.54, 1.807) is 60.1 Å². The van der Waals surface area contributed by atoms with Gasteiger partial charge in [-0.1, -0.05) is 11.6 Å². The van der Waals surface area contributed by atoms with Gasteiger partial charge in [0.2, 0.25) is 5.91 Å². The number of hydrogen-bond donors (Lipinski definition) is 3. The lowest BCUT2D eigenvalue weighted by atomic mass is 10.2. The quantitative estimate of drug-likeness (QED) is 0.455. The number of hydrogen-bond acceptors (Lipinski definition) is 5. The third-order valence-electron chi connectivity index (χ3n) is 4.06. The van der Waals surface area contributed by atoms with E-state index in [9.17, 15) is 14.4 Å². The maximum Gasteiger partial charge on any atom is 0.257 e. The lowest BCUT2D eigenvalue weighted by Crippen LogP contribution is -2.25. The molecule has 0 aliphatic rings. The molecule has 9 heteroatoms. The molecule has 2 aromatic carbocycles. The summed E-state index contributed by atoms with van der Waals surface area (Å²) in [5.74, 6) is -0.645. The molecule has 0 bridgehead atoms. The van der Waals surface area contributed by atoms with Crippen LogP contribution in [0.25, 0.3) is 0 Å². The third kappa shape index (κ3) is 6.40. The maximum absolute atomic E-state index is 12.1. The minimum atomic E-state index is -0.265. The van der Waals surface area contributed by atoms with Crippen molar-refractivity contribution in [2.24, 2.45) is 0 Å². The number of nitrogens with one attached hydrogen (secondary N) is 3. The van der Waals surface area contributed by atoms with Crippen LogP contribution in [0.2, 0.25) is 5.02 Å². The van der Waals surface area contributed by atoms with Crippen molar-refractivity contribution in [3.8, 4) is 0 Å². The number of carbonyl (C=O) groups excluding carboxylic acids is 3. The van der Waals surface area contributed by atoms with Crippen molar-refractivity contribution in [3.63, 3.8) is 0 Å². The van der Waals surface area contributed by atoms with Gasteiger partial charge >= 0.3 is 0 Å². The van der Waals surface area contributed by atoms with Gasteiger partial charge < -0.3 is 10.6 Å². The molecule has 7 nitrogen and oxygen atoms in total. The van der Waals surface area contributed by atoms with Crippen molar-refractivity contribution < 1.29 is 14.4 Å². The first kappa shape index (κ1) is 21.5. The summed E-state index contributed by atoms with van der Waals surface area (Å²) in [6, 6.07) is 13.2. The van der Waals surface area contributed by atoms with Crippen molar-refractivity contribution in [1.82, 2.24) is 10.3 Å². The van der Waals surface area contributed by atoms with Crippen molar-refractivity contribution in [2.75, 3.05) is 17.2 Å². The molecule has 0 unspecified atom stereocenters. The molecule has 0 saturated carbocycles. The van der Waals surface area contributed by atoms with Gasteiger partial charge in [-0.25, -0.2) is 4.98 Å². The summed E-state index contributed by atoms with van der Waals surface area (Å²) in [4.78, 5) is 40.2. The summed E-state index contributed by atoms with van der Waals surface area (Å²) < 4.78 is 0. The van der Waals surface area contributed by atoms with Gasteiger partial charge in [0.15, 0.2) is 5.13 Å². The molecule has 0 aliphatic carbocycles. The van der Waals surface area contributed by atoms with E-state index in [0.717, 1.165) is 0 Å². The van der Waals surface area contributed by atoms with E-state index in [4.69, 9.17) is 11.6 Å². The molecular formula is C21H19ClN4O3S. The van der Waals surface area contributed by atoms with Crippen LogP contribution in [0.15, 0.2) is 60.1 Å². The fourth-order valence-corrected chi connectivity index (χ4v) is 3.19. The molecule has 0 fully saturated rings. The number of amides is 3. The second-order valence-corrected chi connectivity index (χ2v) is 7.61. The average Bonchev–Trinajstić information content (AvgIpc) is 3.25. The predicted molar refractivity (Wildman–Crippen MR) is 118 cm³/mol. The molecule has 0 atom stereocenters. The number of rotatable bonds is 8. The Bertz CT molecular complexity index is 1010. The fraction of sp³-hybridized carbons (Fsp3) is 0.143. The van der Waals surface area contributed by atoms with Gasteiger partial charge in [-0.15, -0.1) is 11.3 Å². The highest BCUT2D eigenvalue weighted by Gasteiger charge is 2.09. The summed E-state index contributed by atoms with van der Waals surface area (Å²) in [6.07, 6.45) is 2.37. The second-order valence-electron chi connectivity index (χ2n) is 6.28. The van der Waals surface area contributed by atoms with Crippen LogP contribution in [0.3, 0.4) is 0 Å². The summed E-state index contributed by atoms with van der Waals surface area (Å²) >= 11 is 7.14. The van der Waals surface area contributed by atoms with Gasteiger partial charge in [-0.2, -0.15) is 0 Å². The molecule has 0 saturated heterocycles. The normalized spacial score (nSPS) is 10.3. The highest BCUT2D eigenvalue weighted by atomic mass is 35.5. The van der Waals surface area contributed by atoms with Crippen molar-refractivity contribution in [2.45, 2.75) is 12.8 Å². The first-order valence-corrected chi connectivity index (χ1v) is 10.4. The minimum Gasteiger partial charge on any atom is -0.352 e. The van der Waals surface area contributed by atoms with Crippen LogP contribution in [0, 0.1) is 0 Å².